The number of alkyl halides is 2. The van der Waals surface area contributed by atoms with Gasteiger partial charge in [0, 0.05) is 6.54 Å². The highest BCUT2D eigenvalue weighted by molar-refractivity contribution is 14.2. The first-order chi connectivity index (χ1) is 6.18. The van der Waals surface area contributed by atoms with Crippen molar-refractivity contribution in [2.45, 2.75) is 27.6 Å². The molecule has 0 aromatic heterocycles. The number of carbonyl (C=O) groups excluding carboxylic acids is 1. The Morgan fingerprint density at radius 1 is 1.23 bits per heavy atom. The number of unbranched alkanes of at least 4 members (excludes halogenated alkanes) is 3. The molecule has 0 aromatic rings. The van der Waals surface area contributed by atoms with E-state index in [1.54, 1.807) is 0 Å². The molecule has 78 valence electrons. The lowest BCUT2D eigenvalue weighted by atomic mass is 10.2. The van der Waals surface area contributed by atoms with Crippen LogP contribution < -0.4 is 11.1 Å². The van der Waals surface area contributed by atoms with Crippen molar-refractivity contribution in [3.05, 3.63) is 0 Å². The fourth-order valence-corrected chi connectivity index (χ4v) is 1.35. The molecular weight excluding hydrogens is 394 g/mol. The maximum Gasteiger partial charge on any atom is 0.242 e. The fourth-order valence-electron chi connectivity index (χ4n) is 0.912. The first kappa shape index (κ1) is 13.9. The summed E-state index contributed by atoms with van der Waals surface area (Å²) in [7, 11) is 0. The van der Waals surface area contributed by atoms with E-state index in [2.05, 4.69) is 50.5 Å². The largest absolute Gasteiger partial charge is 0.355 e. The Morgan fingerprint density at radius 2 is 1.85 bits per heavy atom. The molecule has 0 bridgehead atoms. The minimum atomic E-state index is 0.0410. The quantitative estimate of drug-likeness (QED) is 0.383. The van der Waals surface area contributed by atoms with Crippen LogP contribution in [-0.4, -0.2) is 20.9 Å². The number of nitrogens with one attached hydrogen (secondary N) is 1. The highest BCUT2D eigenvalue weighted by Crippen LogP contribution is 2.08. The molecule has 0 atom stereocenters. The van der Waals surface area contributed by atoms with Gasteiger partial charge >= 0.3 is 0 Å². The number of hydrogen-bond acceptors (Lipinski definition) is 2. The monoisotopic (exact) mass is 410 g/mol. The highest BCUT2D eigenvalue weighted by Gasteiger charge is 2.07. The highest BCUT2D eigenvalue weighted by atomic mass is 127. The van der Waals surface area contributed by atoms with Gasteiger partial charge in [-0.15, -0.1) is 0 Å². The second kappa shape index (κ2) is 9.45. The van der Waals surface area contributed by atoms with E-state index in [4.69, 9.17) is 5.73 Å². The van der Waals surface area contributed by atoms with Crippen molar-refractivity contribution < 1.29 is 4.79 Å². The Morgan fingerprint density at radius 3 is 2.38 bits per heavy atom. The van der Waals surface area contributed by atoms with Crippen LogP contribution in [0.2, 0.25) is 0 Å². The normalized spacial score (nSPS) is 10.5. The summed E-state index contributed by atoms with van der Waals surface area (Å²) in [5.74, 6) is 0.125. The van der Waals surface area contributed by atoms with Gasteiger partial charge in [0.25, 0.3) is 0 Å². The van der Waals surface area contributed by atoms with Gasteiger partial charge in [0.1, 0.15) is 1.93 Å². The smallest absolute Gasteiger partial charge is 0.242 e. The van der Waals surface area contributed by atoms with Crippen molar-refractivity contribution in [3.63, 3.8) is 0 Å². The summed E-state index contributed by atoms with van der Waals surface area (Å²) >= 11 is 4.20. The van der Waals surface area contributed by atoms with Crippen molar-refractivity contribution in [1.29, 1.82) is 0 Å². The number of rotatable bonds is 7. The molecule has 0 saturated carbocycles. The molecule has 0 saturated heterocycles. The van der Waals surface area contributed by atoms with Crippen LogP contribution in [0.25, 0.3) is 0 Å². The summed E-state index contributed by atoms with van der Waals surface area (Å²) in [6, 6.07) is 0. The molecule has 0 unspecified atom stereocenters. The van der Waals surface area contributed by atoms with Gasteiger partial charge in [-0.1, -0.05) is 58.0 Å². The number of amides is 1. The fraction of sp³-hybridized carbons (Fsp3) is 0.875. The average Bonchev–Trinajstić information content (AvgIpc) is 2.10. The summed E-state index contributed by atoms with van der Waals surface area (Å²) in [6.07, 6.45) is 4.48. The van der Waals surface area contributed by atoms with E-state index in [0.29, 0.717) is 0 Å². The standard InChI is InChI=1S/C8H16I2N2O/c9-7(10)8(13)12-6-4-2-1-3-5-11/h7H,1-6,11H2,(H,12,13). The number of hydrogen-bond donors (Lipinski definition) is 2. The molecule has 0 rings (SSSR count). The molecule has 0 fully saturated rings. The van der Waals surface area contributed by atoms with Crippen molar-refractivity contribution >= 4 is 51.1 Å². The van der Waals surface area contributed by atoms with Crippen molar-refractivity contribution in [2.24, 2.45) is 5.73 Å². The van der Waals surface area contributed by atoms with Crippen LogP contribution in [0.1, 0.15) is 25.7 Å². The van der Waals surface area contributed by atoms with E-state index in [-0.39, 0.29) is 7.84 Å². The van der Waals surface area contributed by atoms with Gasteiger partial charge in [0.05, 0.1) is 0 Å². The topological polar surface area (TPSA) is 55.1 Å². The molecular formula is C8H16I2N2O. The van der Waals surface area contributed by atoms with Crippen LogP contribution in [0.5, 0.6) is 0 Å². The summed E-state index contributed by atoms with van der Waals surface area (Å²) in [4.78, 5) is 11.1. The predicted octanol–water partition coefficient (Wildman–Crippen LogP) is 1.82. The zero-order chi connectivity index (χ0) is 10.1. The van der Waals surface area contributed by atoms with Crippen LogP contribution in [0.4, 0.5) is 0 Å². The Bertz CT molecular complexity index is 142. The van der Waals surface area contributed by atoms with E-state index >= 15 is 0 Å². The predicted molar refractivity (Wildman–Crippen MR) is 72.4 cm³/mol. The van der Waals surface area contributed by atoms with E-state index in [0.717, 1.165) is 32.4 Å². The molecule has 0 aliphatic heterocycles. The van der Waals surface area contributed by atoms with Gasteiger partial charge in [0.2, 0.25) is 5.91 Å². The third kappa shape index (κ3) is 9.20. The van der Waals surface area contributed by atoms with E-state index in [1.807, 2.05) is 0 Å². The Balaban J connectivity index is 3.12. The van der Waals surface area contributed by atoms with Gasteiger partial charge in [0.15, 0.2) is 0 Å². The van der Waals surface area contributed by atoms with Gasteiger partial charge < -0.3 is 11.1 Å². The average molecular weight is 410 g/mol. The van der Waals surface area contributed by atoms with Gasteiger partial charge in [-0.3, -0.25) is 4.79 Å². The lowest BCUT2D eigenvalue weighted by Crippen LogP contribution is -2.28. The Kier molecular flexibility index (Phi) is 10.1. The zero-order valence-electron chi connectivity index (χ0n) is 7.56. The minimum absolute atomic E-state index is 0.0410. The zero-order valence-corrected chi connectivity index (χ0v) is 11.9. The van der Waals surface area contributed by atoms with E-state index in [1.165, 1.54) is 6.42 Å². The van der Waals surface area contributed by atoms with E-state index in [9.17, 15) is 4.79 Å². The lowest BCUT2D eigenvalue weighted by molar-refractivity contribution is -0.118. The van der Waals surface area contributed by atoms with Crippen LogP contribution in [0.15, 0.2) is 0 Å². The van der Waals surface area contributed by atoms with Crippen LogP contribution in [0, 0.1) is 0 Å². The molecule has 0 spiro atoms. The molecule has 0 aliphatic rings. The van der Waals surface area contributed by atoms with Crippen molar-refractivity contribution in [1.82, 2.24) is 5.32 Å². The molecule has 0 aromatic carbocycles. The van der Waals surface area contributed by atoms with Crippen LogP contribution in [0.3, 0.4) is 0 Å². The van der Waals surface area contributed by atoms with Gasteiger partial charge in [-0.2, -0.15) is 0 Å². The Labute approximate surface area is 107 Å². The van der Waals surface area contributed by atoms with E-state index < -0.39 is 0 Å². The number of halogens is 2. The lowest BCUT2D eigenvalue weighted by Gasteiger charge is -2.05. The first-order valence-corrected chi connectivity index (χ1v) is 6.93. The molecule has 0 aliphatic carbocycles. The Hall–Kier alpha value is 0.890. The molecule has 0 radical (unpaired) electrons. The molecule has 13 heavy (non-hydrogen) atoms. The maximum atomic E-state index is 11.1. The first-order valence-electron chi connectivity index (χ1n) is 4.44. The molecule has 3 N–H and O–H groups in total. The third-order valence-corrected chi connectivity index (χ3v) is 2.76. The van der Waals surface area contributed by atoms with Gasteiger partial charge in [-0.05, 0) is 19.4 Å². The van der Waals surface area contributed by atoms with Crippen LogP contribution in [-0.2, 0) is 4.79 Å². The number of carbonyl (C=O) groups is 1. The second-order valence-corrected chi connectivity index (χ2v) is 7.67. The minimum Gasteiger partial charge on any atom is -0.355 e. The second-order valence-electron chi connectivity index (χ2n) is 2.79. The summed E-state index contributed by atoms with van der Waals surface area (Å²) < 4.78 is 0.0410. The molecule has 1 amide bonds. The SMILES string of the molecule is NCCCCCCNC(=O)C(I)I. The molecule has 3 nitrogen and oxygen atoms in total. The summed E-state index contributed by atoms with van der Waals surface area (Å²) in [5.41, 5.74) is 5.36. The third-order valence-electron chi connectivity index (χ3n) is 1.63. The van der Waals surface area contributed by atoms with Gasteiger partial charge in [-0.25, -0.2) is 0 Å². The number of nitrogens with two attached hydrogens (primary N) is 1. The molecule has 0 heterocycles. The van der Waals surface area contributed by atoms with Crippen molar-refractivity contribution in [2.75, 3.05) is 13.1 Å². The summed E-state index contributed by atoms with van der Waals surface area (Å²) in [6.45, 7) is 1.57. The molecule has 5 heteroatoms. The van der Waals surface area contributed by atoms with Crippen LogP contribution >= 0.6 is 45.2 Å². The van der Waals surface area contributed by atoms with Crippen molar-refractivity contribution in [3.8, 4) is 0 Å². The summed E-state index contributed by atoms with van der Waals surface area (Å²) in [5, 5.41) is 2.87. The maximum absolute atomic E-state index is 11.1.